The summed E-state index contributed by atoms with van der Waals surface area (Å²) in [7, 11) is 0. The molecule has 0 spiro atoms. The number of aromatic nitrogens is 6. The maximum Gasteiger partial charge on any atom is 0.246 e. The number of benzene rings is 2. The lowest BCUT2D eigenvalue weighted by molar-refractivity contribution is -0.132. The number of ether oxygens (including phenoxy) is 3. The lowest BCUT2D eigenvalue weighted by Gasteiger charge is -2.39. The predicted octanol–water partition coefficient (Wildman–Crippen LogP) is -2.73. The van der Waals surface area contributed by atoms with Gasteiger partial charge in [0.1, 0.15) is 60.4 Å². The van der Waals surface area contributed by atoms with Gasteiger partial charge in [0.05, 0.1) is 37.8 Å². The summed E-state index contributed by atoms with van der Waals surface area (Å²) in [6, 6.07) is 11.1. The van der Waals surface area contributed by atoms with Gasteiger partial charge in [0, 0.05) is 35.5 Å². The number of nitrogens with zero attached hydrogens (tertiary/aromatic N) is 6. The third-order valence-corrected chi connectivity index (χ3v) is 9.33. The van der Waals surface area contributed by atoms with Crippen molar-refractivity contribution in [3.05, 3.63) is 72.3 Å². The van der Waals surface area contributed by atoms with E-state index in [2.05, 4.69) is 31.3 Å². The van der Waals surface area contributed by atoms with E-state index >= 15 is 0 Å². The number of hydrogen-bond acceptors (Lipinski definition) is 17. The van der Waals surface area contributed by atoms with E-state index in [9.17, 15) is 30.0 Å². The van der Waals surface area contributed by atoms with E-state index in [4.69, 9.17) is 37.1 Å². The Labute approximate surface area is 314 Å². The molecule has 4 aromatic rings. The first-order valence-electron chi connectivity index (χ1n) is 17.6. The Balaban J connectivity index is 0.904. The zero-order valence-electron chi connectivity index (χ0n) is 29.6. The number of amides is 2. The summed E-state index contributed by atoms with van der Waals surface area (Å²) in [6.07, 6.45) is -2.75. The van der Waals surface area contributed by atoms with Crippen LogP contribution in [0, 0.1) is 0 Å². The fourth-order valence-electron chi connectivity index (χ4n) is 6.39. The molecule has 2 saturated carbocycles. The van der Waals surface area contributed by atoms with Crippen LogP contribution in [0.1, 0.15) is 24.2 Å². The summed E-state index contributed by atoms with van der Waals surface area (Å²) < 4.78 is 20.0. The van der Waals surface area contributed by atoms with Gasteiger partial charge < -0.3 is 68.2 Å². The number of aliphatic hydroxyl groups excluding tert-OH is 4. The molecule has 2 fully saturated rings. The second kappa shape index (κ2) is 17.7. The van der Waals surface area contributed by atoms with Crippen LogP contribution in [0.3, 0.4) is 0 Å². The molecule has 2 heterocycles. The number of carbonyl (C=O) groups excluding carboxylic acids is 2. The van der Waals surface area contributed by atoms with Crippen molar-refractivity contribution in [2.75, 3.05) is 10.6 Å². The molecule has 21 nitrogen and oxygen atoms in total. The van der Waals surface area contributed by atoms with Crippen molar-refractivity contribution in [1.82, 2.24) is 30.0 Å². The number of anilines is 2. The van der Waals surface area contributed by atoms with Crippen LogP contribution in [0.4, 0.5) is 11.4 Å². The van der Waals surface area contributed by atoms with Gasteiger partial charge in [-0.05, 0) is 61.4 Å². The molecule has 2 aromatic carbocycles. The van der Waals surface area contributed by atoms with E-state index in [1.807, 2.05) is 0 Å². The molecule has 55 heavy (non-hydrogen) atoms. The van der Waals surface area contributed by atoms with Crippen LogP contribution in [0.25, 0.3) is 0 Å². The van der Waals surface area contributed by atoms with Crippen molar-refractivity contribution >= 4 is 23.2 Å². The standard InChI is InChI=1S/C34H46N12O9/c35-23-9-25(37)33(31(51)29(23)49)53-15-19-11-45(43-41-19)13-27(47)39-17-1-5-21(6-2-17)55-22-7-3-18(4-8-22)40-28(48)14-46-12-20(42-44-46)16-54-34-26(38)10-24(36)30(50)32(34)52/h1-8,11-12,23-26,29-34,49-52H,9-10,13-16,35-38H2,(H,39,47)(H,40,48)/t23-,24-,25+,26+,29+,30+,31-,32-,33-,34-/m1/s1. The summed E-state index contributed by atoms with van der Waals surface area (Å²) in [4.78, 5) is 25.3. The number of nitrogens with two attached hydrogens (primary N) is 4. The van der Waals surface area contributed by atoms with Gasteiger partial charge >= 0.3 is 0 Å². The van der Waals surface area contributed by atoms with E-state index in [1.54, 1.807) is 48.5 Å². The van der Waals surface area contributed by atoms with Crippen LogP contribution in [0.5, 0.6) is 11.5 Å². The van der Waals surface area contributed by atoms with Crippen molar-refractivity contribution < 1.29 is 44.2 Å². The number of aliphatic hydroxyl groups is 4. The lowest BCUT2D eigenvalue weighted by atomic mass is 9.85. The van der Waals surface area contributed by atoms with Gasteiger partial charge in [-0.15, -0.1) is 10.2 Å². The Morgan fingerprint density at radius 2 is 1.00 bits per heavy atom. The zero-order chi connectivity index (χ0) is 39.2. The van der Waals surface area contributed by atoms with Gasteiger partial charge in [0.25, 0.3) is 0 Å². The first-order chi connectivity index (χ1) is 26.3. The summed E-state index contributed by atoms with van der Waals surface area (Å²) in [6.45, 7) is -0.301. The van der Waals surface area contributed by atoms with E-state index < -0.39 is 60.8 Å². The normalized spacial score (nSPS) is 28.1. The first kappa shape index (κ1) is 39.7. The highest BCUT2D eigenvalue weighted by molar-refractivity contribution is 5.91. The molecule has 0 unspecified atom stereocenters. The molecule has 0 bridgehead atoms. The summed E-state index contributed by atoms with van der Waals surface area (Å²) in [5.74, 6) is 0.325. The molecule has 21 heteroatoms. The molecular weight excluding hydrogens is 720 g/mol. The molecule has 10 atom stereocenters. The van der Waals surface area contributed by atoms with Crippen molar-refractivity contribution in [3.8, 4) is 11.5 Å². The molecular formula is C34H46N12O9. The monoisotopic (exact) mass is 766 g/mol. The predicted molar refractivity (Wildman–Crippen MR) is 193 cm³/mol. The minimum atomic E-state index is -1.23. The molecule has 2 aromatic heterocycles. The highest BCUT2D eigenvalue weighted by atomic mass is 16.5. The molecule has 2 aliphatic carbocycles. The highest BCUT2D eigenvalue weighted by Gasteiger charge is 2.42. The molecule has 0 aliphatic heterocycles. The maximum atomic E-state index is 12.6. The van der Waals surface area contributed by atoms with E-state index in [0.29, 0.717) is 47.1 Å². The number of rotatable bonds is 14. The molecule has 0 saturated heterocycles. The van der Waals surface area contributed by atoms with Gasteiger partial charge in [-0.3, -0.25) is 9.59 Å². The van der Waals surface area contributed by atoms with Crippen molar-refractivity contribution in [3.63, 3.8) is 0 Å². The quantitative estimate of drug-likeness (QED) is 0.0623. The highest BCUT2D eigenvalue weighted by Crippen LogP contribution is 2.26. The Morgan fingerprint density at radius 3 is 1.38 bits per heavy atom. The summed E-state index contributed by atoms with van der Waals surface area (Å²) in [5, 5.41) is 62.0. The third kappa shape index (κ3) is 10.2. The Hall–Kier alpha value is -4.94. The minimum absolute atomic E-state index is 0.0320. The maximum absolute atomic E-state index is 12.6. The average molecular weight is 767 g/mol. The van der Waals surface area contributed by atoms with Crippen molar-refractivity contribution in [2.24, 2.45) is 22.9 Å². The van der Waals surface area contributed by atoms with Gasteiger partial charge in [0.2, 0.25) is 11.8 Å². The molecule has 6 rings (SSSR count). The van der Waals surface area contributed by atoms with E-state index in [1.165, 1.54) is 21.8 Å². The molecule has 296 valence electrons. The van der Waals surface area contributed by atoms with Crippen LogP contribution < -0.4 is 38.3 Å². The Morgan fingerprint density at radius 1 is 0.618 bits per heavy atom. The third-order valence-electron chi connectivity index (χ3n) is 9.33. The van der Waals surface area contributed by atoms with E-state index in [-0.39, 0.29) is 38.1 Å². The van der Waals surface area contributed by atoms with Gasteiger partial charge in [0.15, 0.2) is 0 Å². The van der Waals surface area contributed by atoms with Crippen LogP contribution in [0.15, 0.2) is 60.9 Å². The second-order valence-corrected chi connectivity index (χ2v) is 13.7. The SMILES string of the molecule is N[C@@H]1C[C@H](N)[C@@H](OCc2cn(CC(=O)Nc3ccc(Oc4ccc(NC(=O)Cn5cc(CO[C@H]6[C@H](O)[C@@H](O)[C@H](N)C[C@@H]6N)nn5)cc4)cc3)nn2)[C@H](O)[C@H]1O. The van der Waals surface area contributed by atoms with Crippen LogP contribution >= 0.6 is 0 Å². The second-order valence-electron chi connectivity index (χ2n) is 13.7. The van der Waals surface area contributed by atoms with Crippen LogP contribution in [-0.4, -0.2) is 123 Å². The van der Waals surface area contributed by atoms with Gasteiger partial charge in [-0.25, -0.2) is 9.36 Å². The average Bonchev–Trinajstić information content (AvgIpc) is 3.80. The molecule has 2 aliphatic rings. The zero-order valence-corrected chi connectivity index (χ0v) is 29.6. The number of carbonyl (C=O) groups is 2. The van der Waals surface area contributed by atoms with Crippen LogP contribution in [0.2, 0.25) is 0 Å². The lowest BCUT2D eigenvalue weighted by Crippen LogP contribution is -2.61. The fourth-order valence-corrected chi connectivity index (χ4v) is 6.39. The topological polar surface area (TPSA) is 332 Å². The number of nitrogens with one attached hydrogen (secondary N) is 2. The molecule has 0 radical (unpaired) electrons. The first-order valence-corrected chi connectivity index (χ1v) is 17.6. The van der Waals surface area contributed by atoms with Crippen LogP contribution in [-0.2, 0) is 45.4 Å². The minimum Gasteiger partial charge on any atom is -0.457 e. The summed E-state index contributed by atoms with van der Waals surface area (Å²) in [5.41, 5.74) is 25.5. The molecule has 14 N–H and O–H groups in total. The van der Waals surface area contributed by atoms with E-state index in [0.717, 1.165) is 0 Å². The fraction of sp³-hybridized carbons (Fsp3) is 0.471. The van der Waals surface area contributed by atoms with Gasteiger partial charge in [-0.1, -0.05) is 10.4 Å². The summed E-state index contributed by atoms with van der Waals surface area (Å²) >= 11 is 0. The van der Waals surface area contributed by atoms with Crippen molar-refractivity contribution in [2.45, 2.75) is 99.9 Å². The smallest absolute Gasteiger partial charge is 0.246 e. The molecule has 2 amide bonds. The van der Waals surface area contributed by atoms with Gasteiger partial charge in [-0.2, -0.15) is 0 Å². The Kier molecular flexibility index (Phi) is 12.8. The van der Waals surface area contributed by atoms with Crippen molar-refractivity contribution in [1.29, 1.82) is 0 Å². The number of hydrogen-bond donors (Lipinski definition) is 10. The Bertz CT molecular complexity index is 1740. The largest absolute Gasteiger partial charge is 0.457 e.